The number of pyridine rings is 1. The predicted molar refractivity (Wildman–Crippen MR) is 153 cm³/mol. The quantitative estimate of drug-likeness (QED) is 0.373. The van der Waals surface area contributed by atoms with Crippen LogP contribution in [0.4, 0.5) is 5.69 Å². The topological polar surface area (TPSA) is 77.7 Å². The summed E-state index contributed by atoms with van der Waals surface area (Å²) in [5.41, 5.74) is 6.00. The van der Waals surface area contributed by atoms with Gasteiger partial charge in [-0.15, -0.1) is 0 Å². The van der Waals surface area contributed by atoms with Gasteiger partial charge in [0, 0.05) is 38.4 Å². The molecule has 0 saturated carbocycles. The highest BCUT2D eigenvalue weighted by atomic mass is 16.5. The van der Waals surface area contributed by atoms with E-state index in [1.807, 2.05) is 67.6 Å². The molecule has 2 N–H and O–H groups in total. The normalized spacial score (nSPS) is 15.1. The number of para-hydroxylation sites is 2. The first-order valence-electron chi connectivity index (χ1n) is 13.5. The van der Waals surface area contributed by atoms with Crippen molar-refractivity contribution in [2.24, 2.45) is 0 Å². The molecule has 7 nitrogen and oxygen atoms in total. The maximum Gasteiger partial charge on any atom is 0.261 e. The number of nitrogens with one attached hydrogen (secondary N) is 2. The van der Waals surface area contributed by atoms with E-state index < -0.39 is 0 Å². The van der Waals surface area contributed by atoms with Gasteiger partial charge in [-0.3, -0.25) is 14.5 Å². The number of fused-ring (bicyclic) bond motifs is 3. The van der Waals surface area contributed by atoms with E-state index in [-0.39, 0.29) is 23.1 Å². The van der Waals surface area contributed by atoms with Crippen LogP contribution in [0.1, 0.15) is 40.1 Å². The molecule has 6 rings (SSSR count). The van der Waals surface area contributed by atoms with Gasteiger partial charge in [-0.2, -0.15) is 0 Å². The SMILES string of the molecule is CCOc1ccccc1N1CCN(Cc2ccc(C(=O)NC3c4ccccc4-c4ccccc43)c(=O)[nH]2)CC1. The molecule has 0 spiro atoms. The second-order valence-electron chi connectivity index (χ2n) is 9.97. The summed E-state index contributed by atoms with van der Waals surface area (Å²) in [5.74, 6) is 0.539. The average molecular weight is 521 g/mol. The van der Waals surface area contributed by atoms with Crippen molar-refractivity contribution in [3.63, 3.8) is 0 Å². The van der Waals surface area contributed by atoms with Crippen molar-refractivity contribution in [2.45, 2.75) is 19.5 Å². The molecule has 39 heavy (non-hydrogen) atoms. The minimum Gasteiger partial charge on any atom is -0.492 e. The molecule has 198 valence electrons. The van der Waals surface area contributed by atoms with Crippen LogP contribution in [0.25, 0.3) is 11.1 Å². The Hall–Kier alpha value is -4.36. The van der Waals surface area contributed by atoms with E-state index in [9.17, 15) is 9.59 Å². The van der Waals surface area contributed by atoms with Crippen LogP contribution in [-0.4, -0.2) is 48.6 Å². The number of aromatic nitrogens is 1. The van der Waals surface area contributed by atoms with Crippen molar-refractivity contribution >= 4 is 11.6 Å². The van der Waals surface area contributed by atoms with Gasteiger partial charge in [0.25, 0.3) is 11.5 Å². The number of aromatic amines is 1. The fraction of sp³-hybridized carbons (Fsp3) is 0.250. The smallest absolute Gasteiger partial charge is 0.261 e. The molecule has 0 radical (unpaired) electrons. The van der Waals surface area contributed by atoms with Gasteiger partial charge in [0.1, 0.15) is 11.3 Å². The van der Waals surface area contributed by atoms with E-state index in [4.69, 9.17) is 4.74 Å². The summed E-state index contributed by atoms with van der Waals surface area (Å²) in [4.78, 5) is 33.8. The first-order chi connectivity index (χ1) is 19.1. The number of hydrogen-bond donors (Lipinski definition) is 2. The van der Waals surface area contributed by atoms with E-state index in [2.05, 4.69) is 38.3 Å². The largest absolute Gasteiger partial charge is 0.492 e. The summed E-state index contributed by atoms with van der Waals surface area (Å²) in [7, 11) is 0. The summed E-state index contributed by atoms with van der Waals surface area (Å²) in [6.45, 7) is 6.74. The van der Waals surface area contributed by atoms with Crippen LogP contribution in [0.15, 0.2) is 89.7 Å². The molecule has 2 aliphatic rings. The summed E-state index contributed by atoms with van der Waals surface area (Å²) >= 11 is 0. The Balaban J connectivity index is 1.11. The van der Waals surface area contributed by atoms with Crippen LogP contribution in [0.3, 0.4) is 0 Å². The number of hydrogen-bond acceptors (Lipinski definition) is 5. The highest BCUT2D eigenvalue weighted by molar-refractivity contribution is 5.95. The summed E-state index contributed by atoms with van der Waals surface area (Å²) in [5, 5.41) is 3.10. The second-order valence-corrected chi connectivity index (χ2v) is 9.97. The Morgan fingerprint density at radius 1 is 0.872 bits per heavy atom. The number of anilines is 1. The van der Waals surface area contributed by atoms with Crippen LogP contribution >= 0.6 is 0 Å². The Morgan fingerprint density at radius 3 is 2.18 bits per heavy atom. The van der Waals surface area contributed by atoms with Crippen LogP contribution < -0.4 is 20.5 Å². The highest BCUT2D eigenvalue weighted by Gasteiger charge is 2.30. The van der Waals surface area contributed by atoms with Crippen molar-refractivity contribution in [3.8, 4) is 16.9 Å². The monoisotopic (exact) mass is 520 g/mol. The second kappa shape index (κ2) is 10.8. The maximum absolute atomic E-state index is 13.2. The molecule has 1 amide bonds. The van der Waals surface area contributed by atoms with Gasteiger partial charge in [0.05, 0.1) is 18.3 Å². The van der Waals surface area contributed by atoms with Gasteiger partial charge in [0.2, 0.25) is 0 Å². The van der Waals surface area contributed by atoms with E-state index in [1.165, 1.54) is 0 Å². The Bertz CT molecular complexity index is 1510. The third-order valence-corrected chi connectivity index (χ3v) is 7.60. The number of nitrogens with zero attached hydrogens (tertiary/aromatic N) is 2. The van der Waals surface area contributed by atoms with Gasteiger partial charge in [-0.1, -0.05) is 60.7 Å². The van der Waals surface area contributed by atoms with Gasteiger partial charge in [-0.25, -0.2) is 0 Å². The fourth-order valence-electron chi connectivity index (χ4n) is 5.69. The first-order valence-corrected chi connectivity index (χ1v) is 13.5. The lowest BCUT2D eigenvalue weighted by Crippen LogP contribution is -2.46. The zero-order chi connectivity index (χ0) is 26.8. The van der Waals surface area contributed by atoms with Gasteiger partial charge < -0.3 is 19.9 Å². The lowest BCUT2D eigenvalue weighted by molar-refractivity contribution is 0.0942. The number of amides is 1. The van der Waals surface area contributed by atoms with Crippen LogP contribution in [-0.2, 0) is 6.54 Å². The Kier molecular flexibility index (Phi) is 6.90. The minimum absolute atomic E-state index is 0.123. The van der Waals surface area contributed by atoms with E-state index in [1.54, 1.807) is 6.07 Å². The third-order valence-electron chi connectivity index (χ3n) is 7.60. The number of carbonyl (C=O) groups excluding carboxylic acids is 1. The zero-order valence-electron chi connectivity index (χ0n) is 22.0. The van der Waals surface area contributed by atoms with Crippen LogP contribution in [0, 0.1) is 0 Å². The summed E-state index contributed by atoms with van der Waals surface area (Å²) in [6.07, 6.45) is 0. The molecule has 1 aliphatic heterocycles. The molecule has 1 fully saturated rings. The van der Waals surface area contributed by atoms with Crippen molar-refractivity contribution in [2.75, 3.05) is 37.7 Å². The molecule has 0 atom stereocenters. The van der Waals surface area contributed by atoms with Crippen molar-refractivity contribution < 1.29 is 9.53 Å². The Morgan fingerprint density at radius 2 is 1.51 bits per heavy atom. The van der Waals surface area contributed by atoms with Crippen LogP contribution in [0.2, 0.25) is 0 Å². The molecule has 4 aromatic rings. The number of ether oxygens (including phenoxy) is 1. The first kappa shape index (κ1) is 24.9. The van der Waals surface area contributed by atoms with E-state index in [0.29, 0.717) is 13.2 Å². The van der Waals surface area contributed by atoms with E-state index in [0.717, 1.165) is 65.6 Å². The molecule has 1 aromatic heterocycles. The number of benzene rings is 3. The van der Waals surface area contributed by atoms with E-state index >= 15 is 0 Å². The standard InChI is InChI=1S/C32H32N4O3/c1-2-39-29-14-8-7-13-28(29)36-19-17-35(18-20-36)21-22-15-16-27(31(37)33-22)32(38)34-30-25-11-5-3-9-23(25)24-10-4-6-12-26(24)30/h3-16,30H,2,17-21H2,1H3,(H,33,37)(H,34,38). The molecule has 3 aromatic carbocycles. The van der Waals surface area contributed by atoms with Gasteiger partial charge >= 0.3 is 0 Å². The molecule has 0 unspecified atom stereocenters. The van der Waals surface area contributed by atoms with Gasteiger partial charge in [-0.05, 0) is 53.4 Å². The lowest BCUT2D eigenvalue weighted by atomic mass is 10.0. The van der Waals surface area contributed by atoms with Crippen molar-refractivity contribution in [1.29, 1.82) is 0 Å². The third kappa shape index (κ3) is 4.93. The van der Waals surface area contributed by atoms with Crippen LogP contribution in [0.5, 0.6) is 5.75 Å². The molecular weight excluding hydrogens is 488 g/mol. The Labute approximate surface area is 228 Å². The molecule has 2 heterocycles. The van der Waals surface area contributed by atoms with Crippen molar-refractivity contribution in [3.05, 3.63) is 118 Å². The lowest BCUT2D eigenvalue weighted by Gasteiger charge is -2.36. The molecule has 1 aliphatic carbocycles. The predicted octanol–water partition coefficient (Wildman–Crippen LogP) is 4.60. The average Bonchev–Trinajstić information content (AvgIpc) is 3.27. The molecule has 0 bridgehead atoms. The van der Waals surface area contributed by atoms with Gasteiger partial charge in [0.15, 0.2) is 0 Å². The number of carbonyl (C=O) groups is 1. The fourth-order valence-corrected chi connectivity index (χ4v) is 5.69. The van der Waals surface area contributed by atoms with Crippen molar-refractivity contribution in [1.82, 2.24) is 15.2 Å². The highest BCUT2D eigenvalue weighted by Crippen LogP contribution is 2.43. The maximum atomic E-state index is 13.2. The minimum atomic E-state index is -0.374. The number of rotatable bonds is 7. The number of H-pyrrole nitrogens is 1. The molecular formula is C32H32N4O3. The number of piperazine rings is 1. The zero-order valence-corrected chi connectivity index (χ0v) is 22.0. The molecule has 1 saturated heterocycles. The summed E-state index contributed by atoms with van der Waals surface area (Å²) < 4.78 is 5.81. The molecule has 7 heteroatoms. The summed E-state index contributed by atoms with van der Waals surface area (Å²) in [6, 6.07) is 27.5.